The monoisotopic (exact) mass is 358 g/mol. The fourth-order valence-corrected chi connectivity index (χ4v) is 2.84. The van der Waals surface area contributed by atoms with E-state index in [0.717, 1.165) is 24.2 Å². The van der Waals surface area contributed by atoms with Crippen molar-refractivity contribution < 1.29 is 9.53 Å². The van der Waals surface area contributed by atoms with Gasteiger partial charge in [0.2, 0.25) is 0 Å². The number of para-hydroxylation sites is 2. The van der Waals surface area contributed by atoms with E-state index in [2.05, 4.69) is 16.5 Å². The van der Waals surface area contributed by atoms with Crippen LogP contribution in [0.1, 0.15) is 30.0 Å². The summed E-state index contributed by atoms with van der Waals surface area (Å²) in [4.78, 5) is 12.4. The maximum atomic E-state index is 12.4. The molecule has 1 aliphatic rings. The molecule has 0 aliphatic heterocycles. The minimum Gasteiger partial charge on any atom is -0.482 e. The number of amides is 1. The van der Waals surface area contributed by atoms with Crippen molar-refractivity contribution in [2.45, 2.75) is 18.8 Å². The van der Waals surface area contributed by atoms with E-state index in [9.17, 15) is 4.79 Å². The zero-order chi connectivity index (χ0) is 18.6. The van der Waals surface area contributed by atoms with Crippen LogP contribution in [0.3, 0.4) is 0 Å². The Morgan fingerprint density at radius 1 is 1.19 bits per heavy atom. The Morgan fingerprint density at radius 2 is 1.93 bits per heavy atom. The summed E-state index contributed by atoms with van der Waals surface area (Å²) in [6, 6.07) is 20.5. The number of anilines is 1. The lowest BCUT2D eigenvalue weighted by Gasteiger charge is -2.10. The summed E-state index contributed by atoms with van der Waals surface area (Å²) in [5.74, 6) is 1.18. The predicted octanol–water partition coefficient (Wildman–Crippen LogP) is 3.64. The van der Waals surface area contributed by atoms with Crippen molar-refractivity contribution in [2.24, 2.45) is 0 Å². The van der Waals surface area contributed by atoms with Crippen LogP contribution in [-0.2, 0) is 4.79 Å². The second-order valence-corrected chi connectivity index (χ2v) is 6.42. The molecule has 27 heavy (non-hydrogen) atoms. The first-order valence-electron chi connectivity index (χ1n) is 8.82. The van der Waals surface area contributed by atoms with Gasteiger partial charge in [-0.05, 0) is 37.1 Å². The van der Waals surface area contributed by atoms with E-state index in [4.69, 9.17) is 10.00 Å². The highest BCUT2D eigenvalue weighted by atomic mass is 16.5. The van der Waals surface area contributed by atoms with E-state index in [1.165, 1.54) is 0 Å². The molecule has 6 nitrogen and oxygen atoms in total. The number of hydrogen-bond acceptors (Lipinski definition) is 4. The van der Waals surface area contributed by atoms with E-state index >= 15 is 0 Å². The van der Waals surface area contributed by atoms with E-state index in [-0.39, 0.29) is 12.5 Å². The number of carbonyl (C=O) groups excluding carboxylic acids is 1. The van der Waals surface area contributed by atoms with Gasteiger partial charge in [-0.15, -0.1) is 0 Å². The molecule has 0 radical (unpaired) electrons. The van der Waals surface area contributed by atoms with Crippen molar-refractivity contribution in [3.8, 4) is 17.5 Å². The van der Waals surface area contributed by atoms with Gasteiger partial charge in [0.15, 0.2) is 6.61 Å². The van der Waals surface area contributed by atoms with Crippen LogP contribution < -0.4 is 10.1 Å². The summed E-state index contributed by atoms with van der Waals surface area (Å²) in [5.41, 5.74) is 2.27. The van der Waals surface area contributed by atoms with E-state index in [1.807, 2.05) is 36.4 Å². The maximum Gasteiger partial charge on any atom is 0.263 e. The van der Waals surface area contributed by atoms with Crippen LogP contribution in [0.4, 0.5) is 5.82 Å². The molecule has 2 aromatic carbocycles. The molecular weight excluding hydrogens is 340 g/mol. The highest BCUT2D eigenvalue weighted by Crippen LogP contribution is 2.40. The number of aromatic nitrogens is 2. The summed E-state index contributed by atoms with van der Waals surface area (Å²) >= 11 is 0. The molecule has 1 N–H and O–H groups in total. The topological polar surface area (TPSA) is 79.9 Å². The van der Waals surface area contributed by atoms with Crippen LogP contribution in [0, 0.1) is 11.3 Å². The number of ether oxygens (including phenoxy) is 1. The predicted molar refractivity (Wildman–Crippen MR) is 101 cm³/mol. The van der Waals surface area contributed by atoms with Crippen molar-refractivity contribution in [2.75, 3.05) is 11.9 Å². The Hall–Kier alpha value is -3.59. The van der Waals surface area contributed by atoms with E-state index < -0.39 is 0 Å². The Morgan fingerprint density at radius 3 is 2.67 bits per heavy atom. The van der Waals surface area contributed by atoms with Gasteiger partial charge in [0, 0.05) is 12.0 Å². The molecule has 6 heteroatoms. The van der Waals surface area contributed by atoms with Crippen molar-refractivity contribution in [1.29, 1.82) is 5.26 Å². The summed E-state index contributed by atoms with van der Waals surface area (Å²) < 4.78 is 7.25. The van der Waals surface area contributed by atoms with Crippen LogP contribution in [-0.4, -0.2) is 22.3 Å². The van der Waals surface area contributed by atoms with Crippen molar-refractivity contribution >= 4 is 11.7 Å². The normalized spacial score (nSPS) is 13.0. The van der Waals surface area contributed by atoms with E-state index in [0.29, 0.717) is 23.0 Å². The first kappa shape index (κ1) is 16.9. The second kappa shape index (κ2) is 7.34. The van der Waals surface area contributed by atoms with Crippen LogP contribution in [0.2, 0.25) is 0 Å². The molecule has 0 unspecified atom stereocenters. The third-order valence-electron chi connectivity index (χ3n) is 4.36. The molecule has 4 rings (SSSR count). The molecule has 0 saturated heterocycles. The van der Waals surface area contributed by atoms with Crippen LogP contribution >= 0.6 is 0 Å². The fraction of sp³-hybridized carbons (Fsp3) is 0.190. The minimum absolute atomic E-state index is 0.183. The molecule has 3 aromatic rings. The first-order valence-corrected chi connectivity index (χ1v) is 8.82. The standard InChI is InChI=1S/C21H18N4O2/c22-13-16-6-4-5-9-19(16)27-14-21(26)23-20-12-18(15-10-11-15)24-25(20)17-7-2-1-3-8-17/h1-9,12,15H,10-11,14H2,(H,23,26). The quantitative estimate of drug-likeness (QED) is 0.729. The molecule has 1 aromatic heterocycles. The Labute approximate surface area is 157 Å². The van der Waals surface area contributed by atoms with Crippen molar-refractivity contribution in [3.63, 3.8) is 0 Å². The van der Waals surface area contributed by atoms with Crippen molar-refractivity contribution in [1.82, 2.24) is 9.78 Å². The number of nitrogens with one attached hydrogen (secondary N) is 1. The zero-order valence-electron chi connectivity index (χ0n) is 14.6. The van der Waals surface area contributed by atoms with Gasteiger partial charge in [0.25, 0.3) is 5.91 Å². The van der Waals surface area contributed by atoms with Crippen molar-refractivity contribution in [3.05, 3.63) is 71.9 Å². The molecule has 1 fully saturated rings. The minimum atomic E-state index is -0.304. The molecule has 0 spiro atoms. The zero-order valence-corrected chi connectivity index (χ0v) is 14.6. The molecule has 1 aliphatic carbocycles. The average Bonchev–Trinajstić information content (AvgIpc) is 3.48. The smallest absolute Gasteiger partial charge is 0.263 e. The van der Waals surface area contributed by atoms with Gasteiger partial charge in [-0.25, -0.2) is 4.68 Å². The average molecular weight is 358 g/mol. The van der Waals surface area contributed by atoms with Crippen LogP contribution in [0.25, 0.3) is 5.69 Å². The number of nitrogens with zero attached hydrogens (tertiary/aromatic N) is 3. The first-order chi connectivity index (χ1) is 13.2. The van der Waals surface area contributed by atoms with Crippen LogP contribution in [0.5, 0.6) is 5.75 Å². The number of carbonyl (C=O) groups is 1. The third-order valence-corrected chi connectivity index (χ3v) is 4.36. The summed E-state index contributed by atoms with van der Waals surface area (Å²) in [5, 5.41) is 16.6. The van der Waals surface area contributed by atoms with Gasteiger partial charge in [-0.1, -0.05) is 30.3 Å². The Kier molecular flexibility index (Phi) is 4.58. The third kappa shape index (κ3) is 3.82. The Balaban J connectivity index is 1.50. The molecule has 1 saturated carbocycles. The Bertz CT molecular complexity index is 1000. The van der Waals surface area contributed by atoms with Gasteiger partial charge in [0.1, 0.15) is 17.6 Å². The molecule has 0 bridgehead atoms. The molecule has 0 atom stereocenters. The van der Waals surface area contributed by atoms with Gasteiger partial charge < -0.3 is 10.1 Å². The van der Waals surface area contributed by atoms with Gasteiger partial charge in [0.05, 0.1) is 16.9 Å². The SMILES string of the molecule is N#Cc1ccccc1OCC(=O)Nc1cc(C2CC2)nn1-c1ccccc1. The summed E-state index contributed by atoms with van der Waals surface area (Å²) in [6.07, 6.45) is 2.26. The van der Waals surface area contributed by atoms with Gasteiger partial charge >= 0.3 is 0 Å². The fourth-order valence-electron chi connectivity index (χ4n) is 2.84. The molecule has 134 valence electrons. The summed E-state index contributed by atoms with van der Waals surface area (Å²) in [7, 11) is 0. The lowest BCUT2D eigenvalue weighted by atomic mass is 10.2. The van der Waals surface area contributed by atoms with E-state index in [1.54, 1.807) is 28.9 Å². The highest BCUT2D eigenvalue weighted by molar-refractivity contribution is 5.91. The number of hydrogen-bond donors (Lipinski definition) is 1. The molecule has 1 amide bonds. The van der Waals surface area contributed by atoms with Crippen LogP contribution in [0.15, 0.2) is 60.7 Å². The van der Waals surface area contributed by atoms with Gasteiger partial charge in [-0.3, -0.25) is 4.79 Å². The number of rotatable bonds is 6. The lowest BCUT2D eigenvalue weighted by Crippen LogP contribution is -2.22. The second-order valence-electron chi connectivity index (χ2n) is 6.42. The molecule has 1 heterocycles. The number of nitriles is 1. The largest absolute Gasteiger partial charge is 0.482 e. The lowest BCUT2D eigenvalue weighted by molar-refractivity contribution is -0.118. The molecular formula is C21H18N4O2. The summed E-state index contributed by atoms with van der Waals surface area (Å²) in [6.45, 7) is -0.183. The maximum absolute atomic E-state index is 12.4. The highest BCUT2D eigenvalue weighted by Gasteiger charge is 2.28. The number of benzene rings is 2. The van der Waals surface area contributed by atoms with Gasteiger partial charge in [-0.2, -0.15) is 10.4 Å².